The normalized spacial score (nSPS) is 20.2. The molecule has 0 radical (unpaired) electrons. The summed E-state index contributed by atoms with van der Waals surface area (Å²) < 4.78 is 35.0. The second-order valence-corrected chi connectivity index (χ2v) is 9.11. The smallest absolute Gasteiger partial charge is 0.265 e. The first kappa shape index (κ1) is 18.6. The van der Waals surface area contributed by atoms with E-state index in [1.165, 1.54) is 4.31 Å². The highest BCUT2D eigenvalue weighted by atomic mass is 79.9. The molecule has 0 saturated carbocycles. The van der Waals surface area contributed by atoms with E-state index in [1.807, 2.05) is 18.2 Å². The van der Waals surface area contributed by atoms with E-state index in [0.717, 1.165) is 4.47 Å². The summed E-state index contributed by atoms with van der Waals surface area (Å²) in [6.45, 7) is 2.02. The number of nitrogens with two attached hydrogens (primary N) is 1. The molecule has 1 atom stereocenters. The average Bonchev–Trinajstić information content (AvgIpc) is 2.67. The van der Waals surface area contributed by atoms with Gasteiger partial charge in [0, 0.05) is 16.6 Å². The minimum atomic E-state index is -3.93. The molecule has 0 amide bonds. The Kier molecular flexibility index (Phi) is 4.44. The Morgan fingerprint density at radius 2 is 2.00 bits per heavy atom. The molecule has 2 N–H and O–H groups in total. The van der Waals surface area contributed by atoms with Gasteiger partial charge in [0.15, 0.2) is 5.76 Å². The topological polar surface area (TPSA) is 96.4 Å². The van der Waals surface area contributed by atoms with Crippen LogP contribution in [0.2, 0.25) is 0 Å². The highest BCUT2D eigenvalue weighted by molar-refractivity contribution is 9.10. The molecule has 0 bridgehead atoms. The van der Waals surface area contributed by atoms with E-state index < -0.39 is 15.9 Å². The van der Waals surface area contributed by atoms with Crippen LogP contribution in [-0.4, -0.2) is 15.0 Å². The van der Waals surface area contributed by atoms with E-state index in [-0.39, 0.29) is 28.7 Å². The SMILES string of the molecule is CCN1c2ccccc2C2=C([C@H](c3cccc(Br)c3)C(C#N)=C(N)O2)S1(=O)=O. The summed E-state index contributed by atoms with van der Waals surface area (Å²) in [6, 6.07) is 16.4. The first-order chi connectivity index (χ1) is 13.4. The molecule has 28 heavy (non-hydrogen) atoms. The summed E-state index contributed by atoms with van der Waals surface area (Å²) in [7, 11) is -3.93. The molecule has 0 aliphatic carbocycles. The molecule has 0 saturated heterocycles. The summed E-state index contributed by atoms with van der Waals surface area (Å²) in [5, 5.41) is 9.73. The number of nitrogens with zero attached hydrogens (tertiary/aromatic N) is 2. The standard InChI is InChI=1S/C20H16BrN3O3S/c1-2-24-16-9-4-3-8-14(16)18-19(28(24,25)26)17(15(11-22)20(23)27-18)12-6-5-7-13(21)10-12/h3-10,17H,2,23H2,1H3/t17-/m1/s1. The lowest BCUT2D eigenvalue weighted by Crippen LogP contribution is -2.39. The molecule has 2 aromatic carbocycles. The quantitative estimate of drug-likeness (QED) is 0.739. The van der Waals surface area contributed by atoms with Gasteiger partial charge < -0.3 is 10.5 Å². The molecule has 142 valence electrons. The van der Waals surface area contributed by atoms with Crippen molar-refractivity contribution in [1.29, 1.82) is 5.26 Å². The van der Waals surface area contributed by atoms with E-state index in [0.29, 0.717) is 16.8 Å². The number of benzene rings is 2. The zero-order chi connectivity index (χ0) is 20.1. The Hall–Kier alpha value is -2.76. The molecule has 4 rings (SSSR count). The number of halogens is 1. The molecule has 8 heteroatoms. The second kappa shape index (κ2) is 6.69. The van der Waals surface area contributed by atoms with Gasteiger partial charge in [-0.3, -0.25) is 4.31 Å². The van der Waals surface area contributed by atoms with Crippen LogP contribution < -0.4 is 10.0 Å². The maximum atomic E-state index is 13.6. The third-order valence-electron chi connectivity index (χ3n) is 4.83. The lowest BCUT2D eigenvalue weighted by atomic mass is 9.88. The minimum Gasteiger partial charge on any atom is -0.439 e. The molecule has 0 fully saturated rings. The van der Waals surface area contributed by atoms with E-state index in [1.54, 1.807) is 43.3 Å². The van der Waals surface area contributed by atoms with E-state index in [2.05, 4.69) is 15.9 Å². The Labute approximate surface area is 171 Å². The lowest BCUT2D eigenvalue weighted by molar-refractivity contribution is 0.357. The van der Waals surface area contributed by atoms with Crippen LogP contribution in [0.4, 0.5) is 5.69 Å². The maximum absolute atomic E-state index is 13.6. The van der Waals surface area contributed by atoms with Gasteiger partial charge in [0.25, 0.3) is 10.0 Å². The van der Waals surface area contributed by atoms with Crippen molar-refractivity contribution in [2.45, 2.75) is 12.8 Å². The molecule has 2 aliphatic rings. The van der Waals surface area contributed by atoms with Crippen molar-refractivity contribution in [2.24, 2.45) is 5.73 Å². The molecule has 2 heterocycles. The molecule has 2 aliphatic heterocycles. The zero-order valence-electron chi connectivity index (χ0n) is 14.9. The van der Waals surface area contributed by atoms with Crippen molar-refractivity contribution in [3.8, 4) is 6.07 Å². The fourth-order valence-electron chi connectivity index (χ4n) is 3.67. The molecular formula is C20H16BrN3O3S. The van der Waals surface area contributed by atoms with E-state index >= 15 is 0 Å². The number of hydrogen-bond acceptors (Lipinski definition) is 5. The highest BCUT2D eigenvalue weighted by Gasteiger charge is 2.46. The van der Waals surface area contributed by atoms with Gasteiger partial charge in [-0.1, -0.05) is 40.2 Å². The fourth-order valence-corrected chi connectivity index (χ4v) is 6.02. The Morgan fingerprint density at radius 3 is 2.68 bits per heavy atom. The van der Waals surface area contributed by atoms with Gasteiger partial charge in [0.05, 0.1) is 11.6 Å². The van der Waals surface area contributed by atoms with Gasteiger partial charge in [-0.15, -0.1) is 0 Å². The third kappa shape index (κ3) is 2.62. The van der Waals surface area contributed by atoms with Crippen LogP contribution in [0.1, 0.15) is 24.0 Å². The number of ether oxygens (including phenoxy) is 1. The fraction of sp³-hybridized carbons (Fsp3) is 0.150. The van der Waals surface area contributed by atoms with E-state index in [9.17, 15) is 13.7 Å². The van der Waals surface area contributed by atoms with Crippen LogP contribution in [0.25, 0.3) is 5.76 Å². The number of anilines is 1. The summed E-state index contributed by atoms with van der Waals surface area (Å²) in [6.07, 6.45) is 0. The first-order valence-corrected chi connectivity index (χ1v) is 10.8. The number of hydrogen-bond donors (Lipinski definition) is 1. The van der Waals surface area contributed by atoms with Gasteiger partial charge in [-0.05, 0) is 36.8 Å². The monoisotopic (exact) mass is 457 g/mol. The average molecular weight is 458 g/mol. The van der Waals surface area contributed by atoms with Gasteiger partial charge in [0.2, 0.25) is 5.88 Å². The van der Waals surface area contributed by atoms with Crippen molar-refractivity contribution < 1.29 is 13.2 Å². The van der Waals surface area contributed by atoms with Crippen LogP contribution in [0.15, 0.2) is 69.4 Å². The van der Waals surface area contributed by atoms with Crippen LogP contribution in [0.3, 0.4) is 0 Å². The zero-order valence-corrected chi connectivity index (χ0v) is 17.3. The summed E-state index contributed by atoms with van der Waals surface area (Å²) in [5.41, 5.74) is 7.94. The maximum Gasteiger partial charge on any atom is 0.265 e. The molecule has 0 spiro atoms. The predicted octanol–water partition coefficient (Wildman–Crippen LogP) is 3.80. The first-order valence-electron chi connectivity index (χ1n) is 8.59. The van der Waals surface area contributed by atoms with Gasteiger partial charge in [-0.25, -0.2) is 8.42 Å². The third-order valence-corrected chi connectivity index (χ3v) is 7.33. The molecule has 2 aromatic rings. The van der Waals surface area contributed by atoms with Crippen molar-refractivity contribution in [3.63, 3.8) is 0 Å². The Balaban J connectivity index is 2.09. The molecule has 6 nitrogen and oxygen atoms in total. The number of allylic oxidation sites excluding steroid dienone is 2. The number of rotatable bonds is 2. The largest absolute Gasteiger partial charge is 0.439 e. The van der Waals surface area contributed by atoms with Crippen molar-refractivity contribution in [3.05, 3.63) is 80.5 Å². The highest BCUT2D eigenvalue weighted by Crippen LogP contribution is 2.50. The Morgan fingerprint density at radius 1 is 1.25 bits per heavy atom. The van der Waals surface area contributed by atoms with Crippen molar-refractivity contribution in [1.82, 2.24) is 0 Å². The summed E-state index contributed by atoms with van der Waals surface area (Å²) in [4.78, 5) is 0.0388. The predicted molar refractivity (Wildman–Crippen MR) is 110 cm³/mol. The number of fused-ring (bicyclic) bond motifs is 2. The molecular weight excluding hydrogens is 442 g/mol. The van der Waals surface area contributed by atoms with Gasteiger partial charge in [-0.2, -0.15) is 5.26 Å². The number of para-hydroxylation sites is 1. The number of sulfonamides is 1. The van der Waals surface area contributed by atoms with Crippen LogP contribution in [0, 0.1) is 11.3 Å². The molecule has 0 aromatic heterocycles. The van der Waals surface area contributed by atoms with Crippen LogP contribution >= 0.6 is 15.9 Å². The van der Waals surface area contributed by atoms with Crippen LogP contribution in [-0.2, 0) is 14.8 Å². The van der Waals surface area contributed by atoms with Crippen molar-refractivity contribution >= 4 is 37.4 Å². The lowest BCUT2D eigenvalue weighted by Gasteiger charge is -2.37. The molecule has 0 unspecified atom stereocenters. The van der Waals surface area contributed by atoms with E-state index in [4.69, 9.17) is 10.5 Å². The second-order valence-electron chi connectivity index (χ2n) is 6.36. The number of nitriles is 1. The van der Waals surface area contributed by atoms with Gasteiger partial charge >= 0.3 is 0 Å². The van der Waals surface area contributed by atoms with Crippen LogP contribution in [0.5, 0.6) is 0 Å². The summed E-state index contributed by atoms with van der Waals surface area (Å²) >= 11 is 3.42. The Bertz CT molecular complexity index is 1200. The van der Waals surface area contributed by atoms with Crippen molar-refractivity contribution in [2.75, 3.05) is 10.8 Å². The van der Waals surface area contributed by atoms with Gasteiger partial charge in [0.1, 0.15) is 16.5 Å². The minimum absolute atomic E-state index is 0.0388. The summed E-state index contributed by atoms with van der Waals surface area (Å²) in [5.74, 6) is -0.749.